The second kappa shape index (κ2) is 9.07. The fourth-order valence-corrected chi connectivity index (χ4v) is 5.64. The van der Waals surface area contributed by atoms with Gasteiger partial charge in [-0.3, -0.25) is 4.72 Å². The lowest BCUT2D eigenvalue weighted by atomic mass is 9.99. The maximum Gasteiger partial charge on any atom is 0.279 e. The van der Waals surface area contributed by atoms with Crippen molar-refractivity contribution in [3.63, 3.8) is 0 Å². The summed E-state index contributed by atoms with van der Waals surface area (Å²) in [6.45, 7) is 0. The lowest BCUT2D eigenvalue weighted by Gasteiger charge is -2.23. The van der Waals surface area contributed by atoms with Gasteiger partial charge in [0.25, 0.3) is 10.0 Å². The highest BCUT2D eigenvalue weighted by Gasteiger charge is 2.37. The average molecular weight is 504 g/mol. The predicted molar refractivity (Wildman–Crippen MR) is 127 cm³/mol. The molecule has 0 bridgehead atoms. The summed E-state index contributed by atoms with van der Waals surface area (Å²) < 4.78 is 72.4. The van der Waals surface area contributed by atoms with Crippen LogP contribution < -0.4 is 9.46 Å². The zero-order chi connectivity index (χ0) is 24.5. The van der Waals surface area contributed by atoms with Crippen molar-refractivity contribution in [3.05, 3.63) is 89.7 Å². The molecule has 0 amide bonds. The summed E-state index contributed by atoms with van der Waals surface area (Å²) in [7, 11) is -6.07. The molecule has 178 valence electrons. The zero-order valence-corrected chi connectivity index (χ0v) is 20.0. The van der Waals surface area contributed by atoms with Crippen molar-refractivity contribution in [2.24, 2.45) is 5.10 Å². The van der Waals surface area contributed by atoms with Crippen LogP contribution in [0.2, 0.25) is 0 Å². The Balaban J connectivity index is 1.77. The van der Waals surface area contributed by atoms with Crippen LogP contribution >= 0.6 is 0 Å². The molecular weight excluding hydrogens is 481 g/mol. The maximum atomic E-state index is 13.5. The molecule has 3 aromatic rings. The Kier molecular flexibility index (Phi) is 6.32. The number of rotatable bonds is 7. The quantitative estimate of drug-likeness (QED) is 0.529. The first kappa shape index (κ1) is 23.7. The predicted octanol–water partition coefficient (Wildman–Crippen LogP) is 3.75. The Labute approximate surface area is 197 Å². The molecule has 0 aromatic heterocycles. The van der Waals surface area contributed by atoms with Gasteiger partial charge in [-0.1, -0.05) is 24.3 Å². The molecule has 1 aliphatic heterocycles. The highest BCUT2D eigenvalue weighted by atomic mass is 32.2. The van der Waals surface area contributed by atoms with E-state index in [1.807, 2.05) is 0 Å². The summed E-state index contributed by atoms with van der Waals surface area (Å²) >= 11 is 0. The second-order valence-corrected chi connectivity index (χ2v) is 11.3. The molecular formula is C23H22FN3O5S2. The maximum absolute atomic E-state index is 13.5. The van der Waals surface area contributed by atoms with Gasteiger partial charge in [0.15, 0.2) is 0 Å². The van der Waals surface area contributed by atoms with Gasteiger partial charge in [0.1, 0.15) is 11.6 Å². The molecule has 1 heterocycles. The Morgan fingerprint density at radius 3 is 2.29 bits per heavy atom. The minimum absolute atomic E-state index is 0.0258. The van der Waals surface area contributed by atoms with Crippen molar-refractivity contribution in [2.75, 3.05) is 18.1 Å². The lowest BCUT2D eigenvalue weighted by molar-refractivity contribution is 0.371. The number of nitrogens with one attached hydrogen (secondary N) is 1. The van der Waals surface area contributed by atoms with Crippen molar-refractivity contribution in [2.45, 2.75) is 17.4 Å². The van der Waals surface area contributed by atoms with E-state index in [0.29, 0.717) is 28.3 Å². The molecule has 0 aliphatic carbocycles. The van der Waals surface area contributed by atoms with E-state index in [2.05, 4.69) is 9.82 Å². The Morgan fingerprint density at radius 1 is 1.00 bits per heavy atom. The topological polar surface area (TPSA) is 105 Å². The smallest absolute Gasteiger partial charge is 0.279 e. The highest BCUT2D eigenvalue weighted by molar-refractivity contribution is 7.92. The van der Waals surface area contributed by atoms with Crippen LogP contribution in [-0.4, -0.2) is 40.3 Å². The van der Waals surface area contributed by atoms with E-state index in [9.17, 15) is 21.2 Å². The van der Waals surface area contributed by atoms with E-state index in [0.717, 1.165) is 10.7 Å². The number of halogens is 1. The molecule has 1 aliphatic rings. The first-order valence-corrected chi connectivity index (χ1v) is 13.5. The Hall–Kier alpha value is -3.44. The third kappa shape index (κ3) is 5.05. The van der Waals surface area contributed by atoms with Gasteiger partial charge < -0.3 is 4.74 Å². The lowest BCUT2D eigenvalue weighted by Crippen LogP contribution is -2.27. The fraction of sp³-hybridized carbons (Fsp3) is 0.174. The summed E-state index contributed by atoms with van der Waals surface area (Å²) in [6, 6.07) is 17.4. The Bertz CT molecular complexity index is 1440. The number of nitrogens with zero attached hydrogens (tertiary/aromatic N) is 2. The van der Waals surface area contributed by atoms with Crippen molar-refractivity contribution in [3.8, 4) is 5.75 Å². The number of ether oxygens (including phenoxy) is 1. The summed E-state index contributed by atoms with van der Waals surface area (Å²) in [6.07, 6.45) is 1.25. The molecule has 11 heteroatoms. The van der Waals surface area contributed by atoms with E-state index in [-0.39, 0.29) is 11.3 Å². The van der Waals surface area contributed by atoms with E-state index < -0.39 is 31.9 Å². The number of benzene rings is 3. The zero-order valence-electron chi connectivity index (χ0n) is 18.3. The molecule has 8 nitrogen and oxygen atoms in total. The van der Waals surface area contributed by atoms with E-state index in [1.165, 1.54) is 43.5 Å². The molecule has 0 saturated carbocycles. The number of hydrogen-bond acceptors (Lipinski definition) is 6. The number of sulfonamides is 2. The van der Waals surface area contributed by atoms with Crippen LogP contribution in [0, 0.1) is 5.82 Å². The second-order valence-electron chi connectivity index (χ2n) is 7.73. The van der Waals surface area contributed by atoms with Crippen LogP contribution in [0.3, 0.4) is 0 Å². The van der Waals surface area contributed by atoms with Crippen LogP contribution in [0.5, 0.6) is 5.75 Å². The van der Waals surface area contributed by atoms with Gasteiger partial charge in [0.2, 0.25) is 10.0 Å². The van der Waals surface area contributed by atoms with Crippen LogP contribution in [0.15, 0.2) is 82.8 Å². The van der Waals surface area contributed by atoms with Gasteiger partial charge in [-0.2, -0.15) is 17.9 Å². The van der Waals surface area contributed by atoms with E-state index in [1.54, 1.807) is 36.4 Å². The minimum Gasteiger partial charge on any atom is -0.497 e. The normalized spacial score (nSPS) is 16.3. The minimum atomic E-state index is -4.07. The SMILES string of the molecule is COc1ccc(S(=O)(=O)N2N=C(c3cccc(NS(C)(=O)=O)c3)C[C@H]2c2ccc(F)cc2)cc1. The van der Waals surface area contributed by atoms with Crippen LogP contribution in [0.4, 0.5) is 10.1 Å². The monoisotopic (exact) mass is 503 g/mol. The van der Waals surface area contributed by atoms with Gasteiger partial charge in [0.05, 0.1) is 30.0 Å². The molecule has 34 heavy (non-hydrogen) atoms. The third-order valence-corrected chi connectivity index (χ3v) is 7.53. The van der Waals surface area contributed by atoms with Gasteiger partial charge in [-0.15, -0.1) is 0 Å². The van der Waals surface area contributed by atoms with Crippen molar-refractivity contribution >= 4 is 31.4 Å². The third-order valence-electron chi connectivity index (χ3n) is 5.23. The molecule has 0 fully saturated rings. The summed E-state index contributed by atoms with van der Waals surface area (Å²) in [4.78, 5) is 0.0258. The van der Waals surface area contributed by atoms with E-state index >= 15 is 0 Å². The van der Waals surface area contributed by atoms with Crippen molar-refractivity contribution in [1.82, 2.24) is 4.41 Å². The number of hydrazone groups is 1. The largest absolute Gasteiger partial charge is 0.497 e. The average Bonchev–Trinajstić information content (AvgIpc) is 3.25. The Morgan fingerprint density at radius 2 is 1.68 bits per heavy atom. The first-order chi connectivity index (χ1) is 16.1. The summed E-state index contributed by atoms with van der Waals surface area (Å²) in [5.41, 5.74) is 1.91. The van der Waals surface area contributed by atoms with Crippen LogP contribution in [0.25, 0.3) is 0 Å². The van der Waals surface area contributed by atoms with Gasteiger partial charge >= 0.3 is 0 Å². The molecule has 1 atom stereocenters. The number of methoxy groups -OCH3 is 1. The molecule has 0 spiro atoms. The van der Waals surface area contributed by atoms with Gasteiger partial charge in [-0.25, -0.2) is 12.8 Å². The van der Waals surface area contributed by atoms with Crippen molar-refractivity contribution in [1.29, 1.82) is 0 Å². The van der Waals surface area contributed by atoms with Gasteiger partial charge in [-0.05, 0) is 59.7 Å². The van der Waals surface area contributed by atoms with Crippen molar-refractivity contribution < 1.29 is 26.0 Å². The molecule has 0 radical (unpaired) electrons. The molecule has 0 unspecified atom stereocenters. The number of hydrogen-bond donors (Lipinski definition) is 1. The molecule has 1 N–H and O–H groups in total. The first-order valence-electron chi connectivity index (χ1n) is 10.2. The highest BCUT2D eigenvalue weighted by Crippen LogP contribution is 2.37. The van der Waals surface area contributed by atoms with E-state index in [4.69, 9.17) is 4.74 Å². The summed E-state index contributed by atoms with van der Waals surface area (Å²) in [5, 5.41) is 4.43. The molecule has 3 aromatic carbocycles. The molecule has 0 saturated heterocycles. The van der Waals surface area contributed by atoms with Crippen LogP contribution in [0.1, 0.15) is 23.6 Å². The number of anilines is 1. The van der Waals surface area contributed by atoms with Gasteiger partial charge in [0, 0.05) is 12.1 Å². The van der Waals surface area contributed by atoms with Crippen LogP contribution in [-0.2, 0) is 20.0 Å². The fourth-order valence-electron chi connectivity index (χ4n) is 3.65. The molecule has 4 rings (SSSR count). The summed E-state index contributed by atoms with van der Waals surface area (Å²) in [5.74, 6) is 0.0711. The standard InChI is InChI=1S/C23H22FN3O5S2/c1-32-20-10-12-21(13-11-20)34(30,31)27-23(16-6-8-18(24)9-7-16)15-22(25-27)17-4-3-5-19(14-17)26-33(2,28)29/h3-14,23,26H,15H2,1-2H3/t23-/m0/s1.